The number of hydrogen-bond donors (Lipinski definition) is 1. The lowest BCUT2D eigenvalue weighted by Gasteiger charge is -2.17. The number of aryl methyl sites for hydroxylation is 2. The third-order valence-corrected chi connectivity index (χ3v) is 3.79. The van der Waals surface area contributed by atoms with E-state index in [9.17, 15) is 23.3 Å². The Morgan fingerprint density at radius 1 is 1.38 bits per heavy atom. The van der Waals surface area contributed by atoms with Crippen LogP contribution in [0.5, 0.6) is 0 Å². The number of nitrogens with zero attached hydrogens (tertiary/aromatic N) is 2. The molecule has 1 atom stereocenters. The van der Waals surface area contributed by atoms with Gasteiger partial charge in [0.15, 0.2) is 0 Å². The Hall–Kier alpha value is -2.29. The molecule has 0 radical (unpaired) electrons. The highest BCUT2D eigenvalue weighted by Crippen LogP contribution is 2.41. The van der Waals surface area contributed by atoms with Gasteiger partial charge in [-0.1, -0.05) is 16.8 Å². The molecular weight excluding hydrogens is 351 g/mol. The number of anilines is 1. The molecule has 0 amide bonds. The fourth-order valence-electron chi connectivity index (χ4n) is 2.46. The van der Waals surface area contributed by atoms with Gasteiger partial charge in [-0.25, -0.2) is 0 Å². The van der Waals surface area contributed by atoms with E-state index in [1.165, 1.54) is 0 Å². The first kappa shape index (κ1) is 18.1. The van der Waals surface area contributed by atoms with Gasteiger partial charge in [-0.3, -0.25) is 10.1 Å². The molecule has 1 aromatic heterocycles. The van der Waals surface area contributed by atoms with E-state index in [-0.39, 0.29) is 5.69 Å². The number of benzene rings is 1. The van der Waals surface area contributed by atoms with Gasteiger partial charge in [0.25, 0.3) is 5.69 Å². The van der Waals surface area contributed by atoms with E-state index in [1.807, 2.05) is 0 Å². The van der Waals surface area contributed by atoms with E-state index in [0.717, 1.165) is 6.07 Å². The van der Waals surface area contributed by atoms with E-state index in [1.54, 1.807) is 20.8 Å². The Labute approximate surface area is 139 Å². The van der Waals surface area contributed by atoms with E-state index in [2.05, 4.69) is 10.5 Å². The Bertz CT molecular complexity index is 770. The summed E-state index contributed by atoms with van der Waals surface area (Å²) in [5, 5.41) is 17.1. The second-order valence-corrected chi connectivity index (χ2v) is 5.62. The monoisotopic (exact) mass is 363 g/mol. The molecule has 1 aromatic carbocycles. The van der Waals surface area contributed by atoms with Crippen LogP contribution in [0.2, 0.25) is 5.02 Å². The Morgan fingerprint density at radius 2 is 2.00 bits per heavy atom. The zero-order valence-corrected chi connectivity index (χ0v) is 13.6. The molecule has 0 saturated carbocycles. The fourth-order valence-corrected chi connectivity index (χ4v) is 2.73. The van der Waals surface area contributed by atoms with Crippen LogP contribution in [-0.4, -0.2) is 10.1 Å². The summed E-state index contributed by atoms with van der Waals surface area (Å²) in [5.41, 5.74) is -0.851. The van der Waals surface area contributed by atoms with Crippen molar-refractivity contribution in [3.05, 3.63) is 49.9 Å². The molecule has 1 heterocycles. The molecule has 10 heteroatoms. The van der Waals surface area contributed by atoms with Crippen LogP contribution in [0.4, 0.5) is 24.5 Å². The first-order valence-corrected chi connectivity index (χ1v) is 7.14. The number of nitrogens with one attached hydrogen (secondary N) is 1. The molecule has 0 aliphatic rings. The third kappa shape index (κ3) is 3.45. The number of alkyl halides is 3. The first-order chi connectivity index (χ1) is 11.0. The van der Waals surface area contributed by atoms with E-state index >= 15 is 0 Å². The molecule has 6 nitrogen and oxygen atoms in total. The number of aromatic nitrogens is 1. The van der Waals surface area contributed by atoms with Crippen molar-refractivity contribution in [3.63, 3.8) is 0 Å². The molecule has 0 fully saturated rings. The maximum absolute atomic E-state index is 12.9. The molecule has 130 valence electrons. The van der Waals surface area contributed by atoms with Crippen molar-refractivity contribution in [2.75, 3.05) is 5.32 Å². The van der Waals surface area contributed by atoms with Crippen molar-refractivity contribution in [3.8, 4) is 0 Å². The molecule has 2 aromatic rings. The van der Waals surface area contributed by atoms with Crippen LogP contribution in [0.15, 0.2) is 16.7 Å². The highest BCUT2D eigenvalue weighted by molar-refractivity contribution is 6.31. The summed E-state index contributed by atoms with van der Waals surface area (Å²) < 4.78 is 43.6. The van der Waals surface area contributed by atoms with E-state index in [0.29, 0.717) is 23.1 Å². The Kier molecular flexibility index (Phi) is 4.75. The van der Waals surface area contributed by atoms with Crippen LogP contribution < -0.4 is 5.32 Å². The second-order valence-electron chi connectivity index (χ2n) is 5.21. The third-order valence-electron chi connectivity index (χ3n) is 3.48. The highest BCUT2D eigenvalue weighted by atomic mass is 35.5. The van der Waals surface area contributed by atoms with Gasteiger partial charge >= 0.3 is 6.18 Å². The minimum atomic E-state index is -4.78. The van der Waals surface area contributed by atoms with Crippen molar-refractivity contribution in [1.82, 2.24) is 5.16 Å². The maximum atomic E-state index is 12.9. The average molecular weight is 364 g/mol. The van der Waals surface area contributed by atoms with Gasteiger partial charge in [0.1, 0.15) is 11.4 Å². The van der Waals surface area contributed by atoms with Gasteiger partial charge < -0.3 is 9.84 Å². The quantitative estimate of drug-likeness (QED) is 0.607. The molecule has 0 bridgehead atoms. The lowest BCUT2D eigenvalue weighted by molar-refractivity contribution is -0.384. The zero-order valence-electron chi connectivity index (χ0n) is 12.9. The van der Waals surface area contributed by atoms with Crippen LogP contribution in [0, 0.1) is 24.0 Å². The molecule has 0 spiro atoms. The molecule has 1 N–H and O–H groups in total. The van der Waals surface area contributed by atoms with Gasteiger partial charge in [0.2, 0.25) is 0 Å². The van der Waals surface area contributed by atoms with E-state index < -0.39 is 33.4 Å². The van der Waals surface area contributed by atoms with Crippen LogP contribution >= 0.6 is 11.6 Å². The molecule has 0 aliphatic heterocycles. The zero-order chi connectivity index (χ0) is 18.2. The fraction of sp³-hybridized carbons (Fsp3) is 0.357. The van der Waals surface area contributed by atoms with Crippen molar-refractivity contribution in [2.45, 2.75) is 33.0 Å². The Morgan fingerprint density at radius 3 is 2.46 bits per heavy atom. The Balaban J connectivity index is 2.47. The minimum absolute atomic E-state index is 0.120. The number of rotatable bonds is 4. The van der Waals surface area contributed by atoms with Crippen LogP contribution in [-0.2, 0) is 6.18 Å². The predicted octanol–water partition coefficient (Wildman–Crippen LogP) is 5.04. The number of nitro benzene ring substituents is 1. The maximum Gasteiger partial charge on any atom is 0.418 e. The number of hydrogen-bond acceptors (Lipinski definition) is 5. The summed E-state index contributed by atoms with van der Waals surface area (Å²) in [5.74, 6) is 0.508. The highest BCUT2D eigenvalue weighted by Gasteiger charge is 2.36. The predicted molar refractivity (Wildman–Crippen MR) is 81.1 cm³/mol. The number of halogens is 4. The summed E-state index contributed by atoms with van der Waals surface area (Å²) in [6.45, 7) is 5.04. The van der Waals surface area contributed by atoms with Gasteiger partial charge in [0.05, 0.1) is 27.2 Å². The summed E-state index contributed by atoms with van der Waals surface area (Å²) in [4.78, 5) is 10.2. The summed E-state index contributed by atoms with van der Waals surface area (Å²) in [6, 6.07) is 0.838. The van der Waals surface area contributed by atoms with E-state index in [4.69, 9.17) is 16.1 Å². The topological polar surface area (TPSA) is 81.2 Å². The number of nitro groups is 1. The summed E-state index contributed by atoms with van der Waals surface area (Å²) in [6.07, 6.45) is -4.78. The van der Waals surface area contributed by atoms with Gasteiger partial charge in [-0.05, 0) is 26.8 Å². The molecular formula is C14H13ClF3N3O3. The SMILES string of the molecule is Cc1noc(C)c1C(C)Nc1cc(Cl)c(C(F)(F)F)cc1[N+](=O)[O-]. The van der Waals surface area contributed by atoms with Crippen LogP contribution in [0.1, 0.15) is 35.5 Å². The molecule has 0 aliphatic carbocycles. The van der Waals surface area contributed by atoms with Gasteiger partial charge in [-0.2, -0.15) is 13.2 Å². The van der Waals surface area contributed by atoms with Crippen LogP contribution in [0.3, 0.4) is 0 Å². The standard InChI is InChI=1S/C14H13ClF3N3O3/c1-6(13-7(2)20-24-8(13)3)19-11-5-10(15)9(14(16,17)18)4-12(11)21(22)23/h4-6,19H,1-3H3. The van der Waals surface area contributed by atoms with Crippen molar-refractivity contribution >= 4 is 23.0 Å². The largest absolute Gasteiger partial charge is 0.418 e. The summed E-state index contributed by atoms with van der Waals surface area (Å²) in [7, 11) is 0. The lowest BCUT2D eigenvalue weighted by Crippen LogP contribution is -2.12. The molecule has 2 rings (SSSR count). The van der Waals surface area contributed by atoms with Crippen LogP contribution in [0.25, 0.3) is 0 Å². The van der Waals surface area contributed by atoms with Gasteiger partial charge in [0, 0.05) is 11.6 Å². The molecule has 1 unspecified atom stereocenters. The average Bonchev–Trinajstić information content (AvgIpc) is 2.76. The minimum Gasteiger partial charge on any atom is -0.373 e. The smallest absolute Gasteiger partial charge is 0.373 e. The summed E-state index contributed by atoms with van der Waals surface area (Å²) >= 11 is 5.65. The normalized spacial score (nSPS) is 13.0. The molecule has 0 saturated heterocycles. The van der Waals surface area contributed by atoms with Crippen molar-refractivity contribution in [1.29, 1.82) is 0 Å². The van der Waals surface area contributed by atoms with Gasteiger partial charge in [-0.15, -0.1) is 0 Å². The van der Waals surface area contributed by atoms with Crippen molar-refractivity contribution in [2.24, 2.45) is 0 Å². The second kappa shape index (κ2) is 6.31. The lowest BCUT2D eigenvalue weighted by atomic mass is 10.1. The molecule has 24 heavy (non-hydrogen) atoms. The first-order valence-electron chi connectivity index (χ1n) is 6.76. The van der Waals surface area contributed by atoms with Crippen molar-refractivity contribution < 1.29 is 22.6 Å².